The van der Waals surface area contributed by atoms with E-state index in [9.17, 15) is 9.18 Å². The molecule has 0 bridgehead atoms. The largest absolute Gasteiger partial charge is 0.310 e. The van der Waals surface area contributed by atoms with Crippen molar-refractivity contribution in [2.75, 3.05) is 5.32 Å². The minimum absolute atomic E-state index is 0.116. The minimum Gasteiger partial charge on any atom is -0.310 e. The number of para-hydroxylation sites is 1. The lowest BCUT2D eigenvalue weighted by molar-refractivity contribution is -0.116. The number of amides is 1. The average Bonchev–Trinajstić information content (AvgIpc) is 3.24. The number of thiazole rings is 1. The predicted molar refractivity (Wildman–Crippen MR) is 98.2 cm³/mol. The van der Waals surface area contributed by atoms with Crippen molar-refractivity contribution < 1.29 is 9.18 Å². The number of benzene rings is 2. The number of nitrogens with zero attached hydrogens (tertiary/aromatic N) is 3. The zero-order valence-corrected chi connectivity index (χ0v) is 14.3. The third-order valence-electron chi connectivity index (χ3n) is 4.54. The van der Waals surface area contributed by atoms with Crippen LogP contribution in [0.25, 0.3) is 15.3 Å². The van der Waals surface area contributed by atoms with Crippen LogP contribution in [0.4, 0.5) is 10.2 Å². The maximum absolute atomic E-state index is 13.7. The molecule has 1 aliphatic rings. The van der Waals surface area contributed by atoms with Gasteiger partial charge < -0.3 is 5.32 Å². The van der Waals surface area contributed by atoms with Gasteiger partial charge in [0.1, 0.15) is 11.6 Å². The summed E-state index contributed by atoms with van der Waals surface area (Å²) in [5.41, 5.74) is 2.53. The van der Waals surface area contributed by atoms with Gasteiger partial charge in [-0.3, -0.25) is 4.79 Å². The van der Waals surface area contributed by atoms with Gasteiger partial charge in [-0.2, -0.15) is 9.78 Å². The fourth-order valence-electron chi connectivity index (χ4n) is 3.34. The van der Waals surface area contributed by atoms with Crippen LogP contribution in [0.5, 0.6) is 0 Å². The SMILES string of the molecule is O=C1C[C@H](c2cccc(F)c2)c2cnn(-c3nc4ccccc4s3)c2N1. The summed E-state index contributed by atoms with van der Waals surface area (Å²) in [6, 6.07) is 14.2. The minimum atomic E-state index is -0.311. The third-order valence-corrected chi connectivity index (χ3v) is 5.55. The van der Waals surface area contributed by atoms with E-state index in [2.05, 4.69) is 15.4 Å². The van der Waals surface area contributed by atoms with Gasteiger partial charge in [-0.05, 0) is 29.8 Å². The molecule has 1 N–H and O–H groups in total. The Hall–Kier alpha value is -3.06. The molecule has 2 aromatic heterocycles. The Bertz CT molecular complexity index is 1120. The number of anilines is 1. The first-order valence-electron chi connectivity index (χ1n) is 8.18. The van der Waals surface area contributed by atoms with Crippen LogP contribution in [-0.2, 0) is 4.79 Å². The monoisotopic (exact) mass is 364 g/mol. The second-order valence-corrected chi connectivity index (χ2v) is 7.19. The van der Waals surface area contributed by atoms with Crippen LogP contribution in [0.15, 0.2) is 54.7 Å². The van der Waals surface area contributed by atoms with E-state index in [1.54, 1.807) is 16.9 Å². The number of rotatable bonds is 2. The molecule has 0 aliphatic carbocycles. The molecular formula is C19H13FN4OS. The quantitative estimate of drug-likeness (QED) is 0.583. The van der Waals surface area contributed by atoms with E-state index in [0.29, 0.717) is 10.9 Å². The molecule has 1 amide bonds. The highest BCUT2D eigenvalue weighted by molar-refractivity contribution is 7.20. The van der Waals surface area contributed by atoms with Crippen LogP contribution in [0, 0.1) is 5.82 Å². The molecule has 1 aliphatic heterocycles. The number of carbonyl (C=O) groups excluding carboxylic acids is 1. The Morgan fingerprint density at radius 2 is 2.08 bits per heavy atom. The Labute approximate surface area is 152 Å². The van der Waals surface area contributed by atoms with Crippen molar-refractivity contribution in [3.05, 3.63) is 71.7 Å². The fraction of sp³-hybridized carbons (Fsp3) is 0.105. The Morgan fingerprint density at radius 1 is 1.19 bits per heavy atom. The number of nitrogens with one attached hydrogen (secondary N) is 1. The number of aromatic nitrogens is 3. The molecule has 1 atom stereocenters. The maximum Gasteiger partial charge on any atom is 0.226 e. The lowest BCUT2D eigenvalue weighted by Crippen LogP contribution is -2.24. The van der Waals surface area contributed by atoms with E-state index in [-0.39, 0.29) is 24.1 Å². The molecule has 5 rings (SSSR count). The van der Waals surface area contributed by atoms with Gasteiger partial charge in [0, 0.05) is 17.9 Å². The molecule has 5 nitrogen and oxygen atoms in total. The van der Waals surface area contributed by atoms with E-state index in [1.165, 1.54) is 23.5 Å². The third kappa shape index (κ3) is 2.40. The summed E-state index contributed by atoms with van der Waals surface area (Å²) in [5.74, 6) is -0.0460. The van der Waals surface area contributed by atoms with E-state index < -0.39 is 0 Å². The topological polar surface area (TPSA) is 59.8 Å². The predicted octanol–water partition coefficient (Wildman–Crippen LogP) is 4.10. The normalized spacial score (nSPS) is 16.5. The average molecular weight is 364 g/mol. The van der Waals surface area contributed by atoms with Crippen molar-refractivity contribution >= 4 is 33.3 Å². The van der Waals surface area contributed by atoms with Gasteiger partial charge in [0.15, 0.2) is 0 Å². The van der Waals surface area contributed by atoms with Crippen molar-refractivity contribution in [1.29, 1.82) is 0 Å². The second-order valence-electron chi connectivity index (χ2n) is 6.18. The van der Waals surface area contributed by atoms with Crippen LogP contribution < -0.4 is 5.32 Å². The summed E-state index contributed by atoms with van der Waals surface area (Å²) in [4.78, 5) is 16.9. The summed E-state index contributed by atoms with van der Waals surface area (Å²) in [5, 5.41) is 8.04. The zero-order chi connectivity index (χ0) is 17.7. The zero-order valence-electron chi connectivity index (χ0n) is 13.5. The molecule has 0 radical (unpaired) electrons. The first kappa shape index (κ1) is 15.2. The van der Waals surface area contributed by atoms with Crippen molar-refractivity contribution in [2.24, 2.45) is 0 Å². The summed E-state index contributed by atoms with van der Waals surface area (Å²) >= 11 is 1.51. The van der Waals surface area contributed by atoms with Crippen LogP contribution >= 0.6 is 11.3 Å². The van der Waals surface area contributed by atoms with Crippen LogP contribution in [0.1, 0.15) is 23.5 Å². The van der Waals surface area contributed by atoms with Crippen molar-refractivity contribution in [1.82, 2.24) is 14.8 Å². The molecule has 128 valence electrons. The second kappa shape index (κ2) is 5.74. The van der Waals surface area contributed by atoms with Gasteiger partial charge >= 0.3 is 0 Å². The molecule has 26 heavy (non-hydrogen) atoms. The molecule has 3 heterocycles. The fourth-order valence-corrected chi connectivity index (χ4v) is 4.27. The lowest BCUT2D eigenvalue weighted by Gasteiger charge is -2.23. The van der Waals surface area contributed by atoms with E-state index >= 15 is 0 Å². The number of hydrogen-bond donors (Lipinski definition) is 1. The Balaban J connectivity index is 1.64. The maximum atomic E-state index is 13.7. The van der Waals surface area contributed by atoms with Gasteiger partial charge in [-0.1, -0.05) is 35.6 Å². The molecule has 0 spiro atoms. The first-order chi connectivity index (χ1) is 12.7. The molecule has 0 saturated carbocycles. The van der Waals surface area contributed by atoms with Crippen molar-refractivity contribution in [2.45, 2.75) is 12.3 Å². The number of hydrogen-bond acceptors (Lipinski definition) is 4. The molecule has 0 fully saturated rings. The van der Waals surface area contributed by atoms with Crippen LogP contribution in [-0.4, -0.2) is 20.7 Å². The Kier molecular flexibility index (Phi) is 3.36. The molecule has 4 aromatic rings. The molecule has 2 aromatic carbocycles. The van der Waals surface area contributed by atoms with E-state index in [4.69, 9.17) is 0 Å². The van der Waals surface area contributed by atoms with Crippen LogP contribution in [0.3, 0.4) is 0 Å². The van der Waals surface area contributed by atoms with Gasteiger partial charge in [-0.15, -0.1) is 0 Å². The lowest BCUT2D eigenvalue weighted by atomic mass is 9.87. The summed E-state index contributed by atoms with van der Waals surface area (Å²) < 4.78 is 16.4. The van der Waals surface area contributed by atoms with Crippen LogP contribution in [0.2, 0.25) is 0 Å². The van der Waals surface area contributed by atoms with Gasteiger partial charge in [0.25, 0.3) is 0 Å². The highest BCUT2D eigenvalue weighted by atomic mass is 32.1. The van der Waals surface area contributed by atoms with E-state index in [0.717, 1.165) is 21.3 Å². The van der Waals surface area contributed by atoms with Gasteiger partial charge in [0.05, 0.1) is 16.4 Å². The molecule has 7 heteroatoms. The van der Waals surface area contributed by atoms with Gasteiger partial charge in [0.2, 0.25) is 11.0 Å². The highest BCUT2D eigenvalue weighted by Crippen LogP contribution is 2.39. The van der Waals surface area contributed by atoms with Crippen molar-refractivity contribution in [3.63, 3.8) is 0 Å². The Morgan fingerprint density at radius 3 is 2.92 bits per heavy atom. The molecule has 0 unspecified atom stereocenters. The standard InChI is InChI=1S/C19H13FN4OS/c20-12-5-3-4-11(8-12)13-9-17(25)23-18-14(13)10-21-24(18)19-22-15-6-1-2-7-16(15)26-19/h1-8,10,13H,9H2,(H,23,25)/t13-/m1/s1. The first-order valence-corrected chi connectivity index (χ1v) is 9.00. The highest BCUT2D eigenvalue weighted by Gasteiger charge is 2.31. The molecular weight excluding hydrogens is 351 g/mol. The number of carbonyl (C=O) groups is 1. The summed E-state index contributed by atoms with van der Waals surface area (Å²) in [7, 11) is 0. The van der Waals surface area contributed by atoms with E-state index in [1.807, 2.05) is 30.3 Å². The van der Waals surface area contributed by atoms with Crippen molar-refractivity contribution in [3.8, 4) is 5.13 Å². The summed E-state index contributed by atoms with van der Waals surface area (Å²) in [6.45, 7) is 0. The number of fused-ring (bicyclic) bond motifs is 2. The summed E-state index contributed by atoms with van der Waals surface area (Å²) in [6.07, 6.45) is 2.00. The number of halogens is 1. The molecule has 0 saturated heterocycles. The van der Waals surface area contributed by atoms with Gasteiger partial charge in [-0.25, -0.2) is 9.37 Å². The smallest absolute Gasteiger partial charge is 0.226 e.